The molecule has 1 aliphatic rings. The number of carbonyl (C=O) groups excluding carboxylic acids is 2. The SMILES string of the molecule is O=C(O)C(c1ccc(F)c(F)c1)N1C(=O)C=NC1=O. The zero-order chi connectivity index (χ0) is 14.2. The van der Waals surface area contributed by atoms with Crippen LogP contribution in [0, 0.1) is 11.6 Å². The Morgan fingerprint density at radius 3 is 2.42 bits per heavy atom. The Morgan fingerprint density at radius 1 is 1.26 bits per heavy atom. The number of halogens is 2. The van der Waals surface area contributed by atoms with Gasteiger partial charge in [0.2, 0.25) is 0 Å². The van der Waals surface area contributed by atoms with Crippen LogP contribution < -0.4 is 0 Å². The lowest BCUT2D eigenvalue weighted by Gasteiger charge is -2.21. The molecule has 0 fully saturated rings. The number of imide groups is 1. The fourth-order valence-corrected chi connectivity index (χ4v) is 1.65. The van der Waals surface area contributed by atoms with Crippen molar-refractivity contribution in [1.29, 1.82) is 0 Å². The molecule has 1 unspecified atom stereocenters. The minimum Gasteiger partial charge on any atom is -0.479 e. The predicted octanol–water partition coefficient (Wildman–Crippen LogP) is 1.12. The van der Waals surface area contributed by atoms with Crippen LogP contribution in [0.1, 0.15) is 11.6 Å². The molecule has 2 rings (SSSR count). The quantitative estimate of drug-likeness (QED) is 0.889. The molecule has 1 atom stereocenters. The number of aliphatic imine (C=N–C) groups is 1. The molecule has 19 heavy (non-hydrogen) atoms. The number of hydrogen-bond acceptors (Lipinski definition) is 3. The van der Waals surface area contributed by atoms with E-state index in [4.69, 9.17) is 5.11 Å². The van der Waals surface area contributed by atoms with Gasteiger partial charge in [-0.2, -0.15) is 4.99 Å². The summed E-state index contributed by atoms with van der Waals surface area (Å²) in [5, 5.41) is 9.06. The lowest BCUT2D eigenvalue weighted by Crippen LogP contribution is -2.38. The lowest BCUT2D eigenvalue weighted by atomic mass is 10.1. The Morgan fingerprint density at radius 2 is 1.95 bits per heavy atom. The Hall–Kier alpha value is -2.64. The number of hydrogen-bond donors (Lipinski definition) is 1. The van der Waals surface area contributed by atoms with E-state index in [-0.39, 0.29) is 5.56 Å². The van der Waals surface area contributed by atoms with E-state index in [0.29, 0.717) is 23.2 Å². The van der Waals surface area contributed by atoms with Crippen LogP contribution in [0.15, 0.2) is 23.2 Å². The monoisotopic (exact) mass is 268 g/mol. The topological polar surface area (TPSA) is 87.0 Å². The summed E-state index contributed by atoms with van der Waals surface area (Å²) in [6.45, 7) is 0. The van der Waals surface area contributed by atoms with Crippen molar-refractivity contribution < 1.29 is 28.3 Å². The number of benzene rings is 1. The molecule has 98 valence electrons. The van der Waals surface area contributed by atoms with E-state index in [1.54, 1.807) is 0 Å². The third-order valence-electron chi connectivity index (χ3n) is 2.48. The van der Waals surface area contributed by atoms with Crippen LogP contribution in [-0.4, -0.2) is 34.1 Å². The number of aliphatic carboxylic acids is 1. The Bertz CT molecular complexity index is 597. The van der Waals surface area contributed by atoms with Gasteiger partial charge in [0.1, 0.15) is 0 Å². The standard InChI is InChI=1S/C11H6F2N2O4/c12-6-2-1-5(3-7(6)13)9(10(17)18)15-8(16)4-14-11(15)19/h1-4,9H,(H,17,18). The van der Waals surface area contributed by atoms with E-state index in [0.717, 1.165) is 6.07 Å². The normalized spacial score (nSPS) is 16.0. The Kier molecular flexibility index (Phi) is 3.07. The summed E-state index contributed by atoms with van der Waals surface area (Å²) in [5.41, 5.74) is -0.237. The summed E-state index contributed by atoms with van der Waals surface area (Å²) in [4.78, 5) is 37.4. The highest BCUT2D eigenvalue weighted by molar-refractivity contribution is 6.36. The number of carboxylic acids is 1. The van der Waals surface area contributed by atoms with Gasteiger partial charge in [-0.1, -0.05) is 6.07 Å². The minimum atomic E-state index is -1.75. The third-order valence-corrected chi connectivity index (χ3v) is 2.48. The van der Waals surface area contributed by atoms with Gasteiger partial charge >= 0.3 is 12.0 Å². The van der Waals surface area contributed by atoms with Crippen molar-refractivity contribution in [3.63, 3.8) is 0 Å². The molecule has 0 bridgehead atoms. The van der Waals surface area contributed by atoms with Crippen molar-refractivity contribution in [3.8, 4) is 0 Å². The summed E-state index contributed by atoms with van der Waals surface area (Å²) in [6.07, 6.45) is 0.665. The number of carbonyl (C=O) groups is 3. The molecular weight excluding hydrogens is 262 g/mol. The smallest absolute Gasteiger partial charge is 0.351 e. The van der Waals surface area contributed by atoms with Gasteiger partial charge in [-0.15, -0.1) is 0 Å². The second-order valence-electron chi connectivity index (χ2n) is 3.66. The highest BCUT2D eigenvalue weighted by atomic mass is 19.2. The van der Waals surface area contributed by atoms with Crippen LogP contribution in [0.4, 0.5) is 13.6 Å². The largest absolute Gasteiger partial charge is 0.479 e. The molecule has 1 N–H and O–H groups in total. The van der Waals surface area contributed by atoms with Crippen molar-refractivity contribution in [2.24, 2.45) is 4.99 Å². The molecule has 1 aromatic carbocycles. The van der Waals surface area contributed by atoms with E-state index in [9.17, 15) is 23.2 Å². The number of rotatable bonds is 3. The van der Waals surface area contributed by atoms with Crippen LogP contribution in [0.25, 0.3) is 0 Å². The highest BCUT2D eigenvalue weighted by Crippen LogP contribution is 2.25. The maximum atomic E-state index is 13.1. The van der Waals surface area contributed by atoms with Gasteiger partial charge in [-0.3, -0.25) is 4.79 Å². The maximum Gasteiger partial charge on any atom is 0.351 e. The second-order valence-corrected chi connectivity index (χ2v) is 3.66. The molecule has 0 saturated carbocycles. The lowest BCUT2D eigenvalue weighted by molar-refractivity contribution is -0.145. The molecule has 0 aromatic heterocycles. The first-order valence-electron chi connectivity index (χ1n) is 5.01. The van der Waals surface area contributed by atoms with Gasteiger partial charge in [0.05, 0.1) is 6.21 Å². The molecular formula is C11H6F2N2O4. The molecule has 1 aromatic rings. The zero-order valence-corrected chi connectivity index (χ0v) is 9.21. The Labute approximate surface area is 105 Å². The van der Waals surface area contributed by atoms with Gasteiger partial charge in [-0.05, 0) is 17.7 Å². The van der Waals surface area contributed by atoms with Crippen molar-refractivity contribution in [3.05, 3.63) is 35.4 Å². The van der Waals surface area contributed by atoms with E-state index in [1.807, 2.05) is 0 Å². The van der Waals surface area contributed by atoms with Gasteiger partial charge in [0, 0.05) is 0 Å². The van der Waals surface area contributed by atoms with Crippen LogP contribution >= 0.6 is 0 Å². The molecule has 0 saturated heterocycles. The van der Waals surface area contributed by atoms with Gasteiger partial charge in [0.25, 0.3) is 5.91 Å². The van der Waals surface area contributed by atoms with Crippen LogP contribution in [-0.2, 0) is 9.59 Å². The molecule has 8 heteroatoms. The Balaban J connectivity index is 2.46. The van der Waals surface area contributed by atoms with E-state index < -0.39 is 35.6 Å². The molecule has 6 nitrogen and oxygen atoms in total. The average molecular weight is 268 g/mol. The van der Waals surface area contributed by atoms with E-state index in [1.165, 1.54) is 0 Å². The van der Waals surface area contributed by atoms with Crippen molar-refractivity contribution >= 4 is 24.1 Å². The van der Waals surface area contributed by atoms with Crippen LogP contribution in [0.2, 0.25) is 0 Å². The first-order chi connectivity index (χ1) is 8.91. The first-order valence-corrected chi connectivity index (χ1v) is 5.01. The summed E-state index contributed by atoms with van der Waals surface area (Å²) in [6, 6.07) is -0.505. The molecule has 0 aliphatic carbocycles. The number of urea groups is 1. The number of carboxylic acid groups (broad SMARTS) is 1. The predicted molar refractivity (Wildman–Crippen MR) is 57.5 cm³/mol. The third kappa shape index (κ3) is 2.19. The van der Waals surface area contributed by atoms with E-state index >= 15 is 0 Å². The van der Waals surface area contributed by atoms with E-state index in [2.05, 4.69) is 4.99 Å². The zero-order valence-electron chi connectivity index (χ0n) is 9.21. The molecule has 1 heterocycles. The van der Waals surface area contributed by atoms with Crippen molar-refractivity contribution in [1.82, 2.24) is 4.90 Å². The fourth-order valence-electron chi connectivity index (χ4n) is 1.65. The van der Waals surface area contributed by atoms with Gasteiger partial charge in [-0.25, -0.2) is 23.3 Å². The van der Waals surface area contributed by atoms with Crippen LogP contribution in [0.3, 0.4) is 0 Å². The highest BCUT2D eigenvalue weighted by Gasteiger charge is 2.38. The minimum absolute atomic E-state index is 0.237. The van der Waals surface area contributed by atoms with Crippen molar-refractivity contribution in [2.45, 2.75) is 6.04 Å². The molecule has 1 aliphatic heterocycles. The van der Waals surface area contributed by atoms with Gasteiger partial charge < -0.3 is 5.11 Å². The number of amides is 3. The second kappa shape index (κ2) is 4.56. The summed E-state index contributed by atoms with van der Waals surface area (Å²) < 4.78 is 25.9. The fraction of sp³-hybridized carbons (Fsp3) is 0.0909. The van der Waals surface area contributed by atoms with Crippen LogP contribution in [0.5, 0.6) is 0 Å². The summed E-state index contributed by atoms with van der Waals surface area (Å²) in [7, 11) is 0. The molecule has 3 amide bonds. The summed E-state index contributed by atoms with van der Waals surface area (Å²) >= 11 is 0. The molecule has 0 radical (unpaired) electrons. The molecule has 0 spiro atoms. The summed E-state index contributed by atoms with van der Waals surface area (Å²) in [5.74, 6) is -4.92. The maximum absolute atomic E-state index is 13.1. The van der Waals surface area contributed by atoms with Crippen molar-refractivity contribution in [2.75, 3.05) is 0 Å². The van der Waals surface area contributed by atoms with Gasteiger partial charge in [0.15, 0.2) is 17.7 Å². The number of nitrogens with zero attached hydrogens (tertiary/aromatic N) is 2. The average Bonchev–Trinajstić information content (AvgIpc) is 2.65. The first kappa shape index (κ1) is 12.8.